The van der Waals surface area contributed by atoms with Crippen LogP contribution in [-0.2, 0) is 4.79 Å². The first kappa shape index (κ1) is 10.8. The summed E-state index contributed by atoms with van der Waals surface area (Å²) in [6, 6.07) is 5.55. The highest BCUT2D eigenvalue weighted by Gasteiger charge is 2.44. The largest absolute Gasteiger partial charge is 0.359 e. The quantitative estimate of drug-likeness (QED) is 0.851. The van der Waals surface area contributed by atoms with Crippen molar-refractivity contribution in [3.05, 3.63) is 33.8 Å². The zero-order chi connectivity index (χ0) is 11.0. The number of amides is 1. The molecule has 0 aliphatic heterocycles. The van der Waals surface area contributed by atoms with Crippen molar-refractivity contribution in [2.24, 2.45) is 5.92 Å². The normalized spacial score (nSPS) is 23.7. The number of hydrogen-bond donors (Lipinski definition) is 1. The van der Waals surface area contributed by atoms with Crippen LogP contribution < -0.4 is 5.32 Å². The lowest BCUT2D eigenvalue weighted by Gasteiger charge is -2.04. The Labute approximate surface area is 98.6 Å². The van der Waals surface area contributed by atoms with Gasteiger partial charge in [-0.25, -0.2) is 0 Å². The van der Waals surface area contributed by atoms with E-state index in [1.807, 2.05) is 12.1 Å². The third kappa shape index (κ3) is 1.97. The first-order valence-electron chi connectivity index (χ1n) is 4.80. The molecule has 0 spiro atoms. The Morgan fingerprint density at radius 2 is 2.20 bits per heavy atom. The standard InChI is InChI=1S/C11H11Cl2NO/c1-14-11(15)8-5-7(8)6-3-2-4-9(12)10(6)13/h2-4,7-8H,5H2,1H3,(H,14,15)/t7-,8+/m1/s1. The van der Waals surface area contributed by atoms with Crippen LogP contribution in [0.1, 0.15) is 17.9 Å². The maximum Gasteiger partial charge on any atom is 0.223 e. The molecule has 0 bridgehead atoms. The van der Waals surface area contributed by atoms with Gasteiger partial charge in [0.2, 0.25) is 5.91 Å². The number of benzene rings is 1. The van der Waals surface area contributed by atoms with Crippen LogP contribution in [0.3, 0.4) is 0 Å². The summed E-state index contributed by atoms with van der Waals surface area (Å²) >= 11 is 12.0. The number of rotatable bonds is 2. The first-order chi connectivity index (χ1) is 7.15. The molecular formula is C11H11Cl2NO. The zero-order valence-corrected chi connectivity index (χ0v) is 9.77. The van der Waals surface area contributed by atoms with Gasteiger partial charge in [0.05, 0.1) is 10.0 Å². The van der Waals surface area contributed by atoms with Gasteiger partial charge in [-0.15, -0.1) is 0 Å². The van der Waals surface area contributed by atoms with Crippen LogP contribution in [0.15, 0.2) is 18.2 Å². The van der Waals surface area contributed by atoms with Gasteiger partial charge in [-0.05, 0) is 24.0 Å². The van der Waals surface area contributed by atoms with Crippen LogP contribution in [0.5, 0.6) is 0 Å². The molecular weight excluding hydrogens is 233 g/mol. The molecule has 15 heavy (non-hydrogen) atoms. The maximum absolute atomic E-state index is 11.4. The van der Waals surface area contributed by atoms with Crippen molar-refractivity contribution in [2.75, 3.05) is 7.05 Å². The van der Waals surface area contributed by atoms with Gasteiger partial charge in [-0.2, -0.15) is 0 Å². The second kappa shape index (κ2) is 4.03. The highest BCUT2D eigenvalue weighted by molar-refractivity contribution is 6.42. The molecule has 2 atom stereocenters. The summed E-state index contributed by atoms with van der Waals surface area (Å²) in [6.07, 6.45) is 0.861. The van der Waals surface area contributed by atoms with Gasteiger partial charge in [0.25, 0.3) is 0 Å². The van der Waals surface area contributed by atoms with E-state index < -0.39 is 0 Å². The van der Waals surface area contributed by atoms with E-state index in [1.165, 1.54) is 0 Å². The van der Waals surface area contributed by atoms with Crippen molar-refractivity contribution >= 4 is 29.1 Å². The average Bonchev–Trinajstić information content (AvgIpc) is 3.01. The minimum absolute atomic E-state index is 0.0611. The lowest BCUT2D eigenvalue weighted by molar-refractivity contribution is -0.121. The predicted octanol–water partition coefficient (Wildman–Crippen LogP) is 2.84. The number of nitrogens with one attached hydrogen (secondary N) is 1. The van der Waals surface area contributed by atoms with Crippen molar-refractivity contribution in [1.82, 2.24) is 5.32 Å². The number of carbonyl (C=O) groups excluding carboxylic acids is 1. The van der Waals surface area contributed by atoms with Crippen LogP contribution in [0.2, 0.25) is 10.0 Å². The van der Waals surface area contributed by atoms with Gasteiger partial charge in [-0.1, -0.05) is 35.3 Å². The fraction of sp³-hybridized carbons (Fsp3) is 0.364. The first-order valence-corrected chi connectivity index (χ1v) is 5.56. The van der Waals surface area contributed by atoms with Gasteiger partial charge in [-0.3, -0.25) is 4.79 Å². The van der Waals surface area contributed by atoms with Gasteiger partial charge in [0.1, 0.15) is 0 Å². The number of carbonyl (C=O) groups is 1. The predicted molar refractivity (Wildman–Crippen MR) is 61.4 cm³/mol. The molecule has 1 aliphatic rings. The Morgan fingerprint density at radius 1 is 1.47 bits per heavy atom. The average molecular weight is 244 g/mol. The van der Waals surface area contributed by atoms with Crippen LogP contribution in [0.4, 0.5) is 0 Å². The molecule has 1 aliphatic carbocycles. The summed E-state index contributed by atoms with van der Waals surface area (Å²) in [6.45, 7) is 0. The highest BCUT2D eigenvalue weighted by atomic mass is 35.5. The van der Waals surface area contributed by atoms with E-state index in [0.29, 0.717) is 10.0 Å². The van der Waals surface area contributed by atoms with E-state index in [0.717, 1.165) is 12.0 Å². The summed E-state index contributed by atoms with van der Waals surface area (Å²) in [5.74, 6) is 0.373. The fourth-order valence-electron chi connectivity index (χ4n) is 1.82. The Bertz CT molecular complexity index is 406. The van der Waals surface area contributed by atoms with Crippen LogP contribution >= 0.6 is 23.2 Å². The number of hydrogen-bond acceptors (Lipinski definition) is 1. The van der Waals surface area contributed by atoms with Crippen molar-refractivity contribution < 1.29 is 4.79 Å². The van der Waals surface area contributed by atoms with E-state index in [1.54, 1.807) is 13.1 Å². The minimum Gasteiger partial charge on any atom is -0.359 e. The second-order valence-corrected chi connectivity index (χ2v) is 4.49. The SMILES string of the molecule is CNC(=O)[C@H]1C[C@@H]1c1cccc(Cl)c1Cl. The smallest absolute Gasteiger partial charge is 0.223 e. The van der Waals surface area contributed by atoms with Gasteiger partial charge in [0.15, 0.2) is 0 Å². The van der Waals surface area contributed by atoms with E-state index in [-0.39, 0.29) is 17.7 Å². The topological polar surface area (TPSA) is 29.1 Å². The van der Waals surface area contributed by atoms with Crippen molar-refractivity contribution in [3.8, 4) is 0 Å². The molecule has 4 heteroatoms. The van der Waals surface area contributed by atoms with Crippen LogP contribution in [0, 0.1) is 5.92 Å². The lowest BCUT2D eigenvalue weighted by atomic mass is 10.1. The molecule has 0 unspecified atom stereocenters. The molecule has 1 saturated carbocycles. The van der Waals surface area contributed by atoms with Gasteiger partial charge < -0.3 is 5.32 Å². The van der Waals surface area contributed by atoms with Crippen molar-refractivity contribution in [3.63, 3.8) is 0 Å². The maximum atomic E-state index is 11.4. The summed E-state index contributed by atoms with van der Waals surface area (Å²) in [7, 11) is 1.65. The molecule has 0 aromatic heterocycles. The molecule has 0 heterocycles. The third-order valence-electron chi connectivity index (χ3n) is 2.75. The molecule has 1 amide bonds. The third-order valence-corrected chi connectivity index (χ3v) is 3.59. The molecule has 1 aromatic rings. The minimum atomic E-state index is 0.0611. The van der Waals surface area contributed by atoms with Crippen molar-refractivity contribution in [1.29, 1.82) is 0 Å². The summed E-state index contributed by atoms with van der Waals surface area (Å²) in [5, 5.41) is 3.78. The lowest BCUT2D eigenvalue weighted by Crippen LogP contribution is -2.20. The van der Waals surface area contributed by atoms with Gasteiger partial charge in [0, 0.05) is 13.0 Å². The molecule has 2 nitrogen and oxygen atoms in total. The van der Waals surface area contributed by atoms with E-state index in [2.05, 4.69) is 5.32 Å². The van der Waals surface area contributed by atoms with E-state index in [4.69, 9.17) is 23.2 Å². The summed E-state index contributed by atoms with van der Waals surface area (Å²) in [4.78, 5) is 11.4. The fourth-order valence-corrected chi connectivity index (χ4v) is 2.27. The van der Waals surface area contributed by atoms with Crippen molar-refractivity contribution in [2.45, 2.75) is 12.3 Å². The molecule has 1 fully saturated rings. The van der Waals surface area contributed by atoms with E-state index >= 15 is 0 Å². The molecule has 2 rings (SSSR count). The molecule has 0 saturated heterocycles. The summed E-state index contributed by atoms with van der Waals surface area (Å²) < 4.78 is 0. The Morgan fingerprint density at radius 3 is 2.87 bits per heavy atom. The molecule has 1 N–H and O–H groups in total. The molecule has 80 valence electrons. The molecule has 0 radical (unpaired) electrons. The zero-order valence-electron chi connectivity index (χ0n) is 8.26. The van der Waals surface area contributed by atoms with Gasteiger partial charge >= 0.3 is 0 Å². The Balaban J connectivity index is 2.20. The molecule has 1 aromatic carbocycles. The highest BCUT2D eigenvalue weighted by Crippen LogP contribution is 2.50. The number of halogens is 2. The Kier molecular flexibility index (Phi) is 2.89. The van der Waals surface area contributed by atoms with Crippen LogP contribution in [0.25, 0.3) is 0 Å². The van der Waals surface area contributed by atoms with Crippen LogP contribution in [-0.4, -0.2) is 13.0 Å². The Hall–Kier alpha value is -0.730. The van der Waals surface area contributed by atoms with E-state index in [9.17, 15) is 4.79 Å². The summed E-state index contributed by atoms with van der Waals surface area (Å²) in [5.41, 5.74) is 0.984. The monoisotopic (exact) mass is 243 g/mol. The second-order valence-electron chi connectivity index (χ2n) is 3.71.